The molecular formula is C12H23NO3. The Hall–Kier alpha value is -1.06. The number of carbonyl (C=O) groups excluding carboxylic acids is 2. The maximum absolute atomic E-state index is 11.8. The molecular weight excluding hydrogens is 206 g/mol. The lowest BCUT2D eigenvalue weighted by atomic mass is 10.2. The Bertz CT molecular complexity index is 216. The van der Waals surface area contributed by atoms with Crippen molar-refractivity contribution >= 4 is 11.9 Å². The SMILES string of the molecule is CCCCC(=O)N(CCC)CCC(=O)OC. The summed E-state index contributed by atoms with van der Waals surface area (Å²) >= 11 is 0. The average Bonchev–Trinajstić information content (AvgIpc) is 2.30. The molecule has 0 N–H and O–H groups in total. The van der Waals surface area contributed by atoms with Crippen LogP contribution in [0.3, 0.4) is 0 Å². The molecule has 1 amide bonds. The van der Waals surface area contributed by atoms with Crippen LogP contribution in [0, 0.1) is 0 Å². The fraction of sp³-hybridized carbons (Fsp3) is 0.833. The van der Waals surface area contributed by atoms with Gasteiger partial charge in [0.05, 0.1) is 13.5 Å². The Morgan fingerprint density at radius 3 is 2.25 bits per heavy atom. The van der Waals surface area contributed by atoms with Gasteiger partial charge in [-0.3, -0.25) is 9.59 Å². The van der Waals surface area contributed by atoms with E-state index in [1.165, 1.54) is 7.11 Å². The third kappa shape index (κ3) is 6.43. The summed E-state index contributed by atoms with van der Waals surface area (Å²) < 4.78 is 4.56. The zero-order chi connectivity index (χ0) is 12.4. The molecule has 0 aromatic rings. The second kappa shape index (κ2) is 9.19. The molecule has 0 aliphatic carbocycles. The first-order chi connectivity index (χ1) is 7.65. The summed E-state index contributed by atoms with van der Waals surface area (Å²) in [5, 5.41) is 0. The second-order valence-electron chi connectivity index (χ2n) is 3.81. The van der Waals surface area contributed by atoms with Crippen LogP contribution >= 0.6 is 0 Å². The number of unbranched alkanes of at least 4 members (excludes halogenated alkanes) is 1. The topological polar surface area (TPSA) is 46.6 Å². The number of nitrogens with zero attached hydrogens (tertiary/aromatic N) is 1. The number of amides is 1. The van der Waals surface area contributed by atoms with Gasteiger partial charge in [0.1, 0.15) is 0 Å². The fourth-order valence-corrected chi connectivity index (χ4v) is 1.45. The summed E-state index contributed by atoms with van der Waals surface area (Å²) in [5.41, 5.74) is 0. The van der Waals surface area contributed by atoms with Crippen LogP contribution < -0.4 is 0 Å². The number of hydrogen-bond donors (Lipinski definition) is 0. The molecule has 0 rings (SSSR count). The summed E-state index contributed by atoms with van der Waals surface area (Å²) in [7, 11) is 1.37. The number of methoxy groups -OCH3 is 1. The minimum atomic E-state index is -0.260. The third-order valence-electron chi connectivity index (χ3n) is 2.40. The van der Waals surface area contributed by atoms with E-state index in [2.05, 4.69) is 11.7 Å². The molecule has 16 heavy (non-hydrogen) atoms. The van der Waals surface area contributed by atoms with Crippen LogP contribution in [0.1, 0.15) is 46.0 Å². The Balaban J connectivity index is 4.04. The van der Waals surface area contributed by atoms with Crippen molar-refractivity contribution in [2.45, 2.75) is 46.0 Å². The van der Waals surface area contributed by atoms with Crippen molar-refractivity contribution in [2.75, 3.05) is 20.2 Å². The lowest BCUT2D eigenvalue weighted by molar-refractivity contribution is -0.141. The van der Waals surface area contributed by atoms with Crippen LogP contribution in [0.25, 0.3) is 0 Å². The quantitative estimate of drug-likeness (QED) is 0.598. The van der Waals surface area contributed by atoms with Gasteiger partial charge in [0.15, 0.2) is 0 Å². The molecule has 0 saturated carbocycles. The van der Waals surface area contributed by atoms with E-state index in [4.69, 9.17) is 0 Å². The minimum Gasteiger partial charge on any atom is -0.469 e. The molecule has 4 heteroatoms. The maximum atomic E-state index is 11.8. The standard InChI is InChI=1S/C12H23NO3/c1-4-6-7-11(14)13(9-5-2)10-8-12(15)16-3/h4-10H2,1-3H3. The highest BCUT2D eigenvalue weighted by Gasteiger charge is 2.13. The Kier molecular flexibility index (Phi) is 8.58. The second-order valence-corrected chi connectivity index (χ2v) is 3.81. The van der Waals surface area contributed by atoms with Gasteiger partial charge in [-0.15, -0.1) is 0 Å². The predicted octanol–water partition coefficient (Wildman–Crippen LogP) is 1.98. The van der Waals surface area contributed by atoms with Crippen LogP contribution in [0.15, 0.2) is 0 Å². The van der Waals surface area contributed by atoms with Crippen LogP contribution in [-0.4, -0.2) is 37.0 Å². The predicted molar refractivity (Wildman–Crippen MR) is 63.0 cm³/mol. The highest BCUT2D eigenvalue weighted by Crippen LogP contribution is 2.03. The molecule has 94 valence electrons. The van der Waals surface area contributed by atoms with E-state index in [9.17, 15) is 9.59 Å². The molecule has 0 unspecified atom stereocenters. The summed E-state index contributed by atoms with van der Waals surface area (Å²) in [6.07, 6.45) is 3.71. The molecule has 0 fully saturated rings. The van der Waals surface area contributed by atoms with Gasteiger partial charge in [0.25, 0.3) is 0 Å². The van der Waals surface area contributed by atoms with Gasteiger partial charge in [-0.2, -0.15) is 0 Å². The lowest BCUT2D eigenvalue weighted by Crippen LogP contribution is -2.33. The van der Waals surface area contributed by atoms with E-state index >= 15 is 0 Å². The Morgan fingerprint density at radius 1 is 1.06 bits per heavy atom. The smallest absolute Gasteiger partial charge is 0.307 e. The molecule has 0 radical (unpaired) electrons. The van der Waals surface area contributed by atoms with Gasteiger partial charge in [-0.1, -0.05) is 20.3 Å². The van der Waals surface area contributed by atoms with Crippen LogP contribution in [0.4, 0.5) is 0 Å². The molecule has 0 spiro atoms. The highest BCUT2D eigenvalue weighted by atomic mass is 16.5. The molecule has 0 atom stereocenters. The van der Waals surface area contributed by atoms with Gasteiger partial charge in [0, 0.05) is 19.5 Å². The monoisotopic (exact) mass is 229 g/mol. The van der Waals surface area contributed by atoms with Crippen LogP contribution in [0.5, 0.6) is 0 Å². The largest absolute Gasteiger partial charge is 0.469 e. The van der Waals surface area contributed by atoms with Gasteiger partial charge >= 0.3 is 5.97 Å². The lowest BCUT2D eigenvalue weighted by Gasteiger charge is -2.21. The zero-order valence-corrected chi connectivity index (χ0v) is 10.6. The van der Waals surface area contributed by atoms with Crippen molar-refractivity contribution in [1.29, 1.82) is 0 Å². The fourth-order valence-electron chi connectivity index (χ4n) is 1.45. The Morgan fingerprint density at radius 2 is 1.75 bits per heavy atom. The van der Waals surface area contributed by atoms with E-state index in [-0.39, 0.29) is 18.3 Å². The van der Waals surface area contributed by atoms with Crippen molar-refractivity contribution in [2.24, 2.45) is 0 Å². The average molecular weight is 229 g/mol. The van der Waals surface area contributed by atoms with Crippen LogP contribution in [-0.2, 0) is 14.3 Å². The van der Waals surface area contributed by atoms with Crippen molar-refractivity contribution < 1.29 is 14.3 Å². The van der Waals surface area contributed by atoms with E-state index < -0.39 is 0 Å². The molecule has 4 nitrogen and oxygen atoms in total. The summed E-state index contributed by atoms with van der Waals surface area (Å²) in [5.74, 6) is -0.114. The van der Waals surface area contributed by atoms with E-state index in [1.807, 2.05) is 6.92 Å². The summed E-state index contributed by atoms with van der Waals surface area (Å²) in [6, 6.07) is 0. The third-order valence-corrected chi connectivity index (χ3v) is 2.40. The van der Waals surface area contributed by atoms with Crippen molar-refractivity contribution in [3.8, 4) is 0 Å². The molecule has 0 aliphatic heterocycles. The normalized spacial score (nSPS) is 9.94. The molecule has 0 aromatic carbocycles. The van der Waals surface area contributed by atoms with Crippen molar-refractivity contribution in [3.63, 3.8) is 0 Å². The van der Waals surface area contributed by atoms with E-state index in [0.717, 1.165) is 25.8 Å². The van der Waals surface area contributed by atoms with Gasteiger partial charge in [-0.05, 0) is 12.8 Å². The molecule has 0 bridgehead atoms. The van der Waals surface area contributed by atoms with Crippen molar-refractivity contribution in [1.82, 2.24) is 4.90 Å². The Labute approximate surface area is 98.0 Å². The highest BCUT2D eigenvalue weighted by molar-refractivity contribution is 5.77. The van der Waals surface area contributed by atoms with Crippen molar-refractivity contribution in [3.05, 3.63) is 0 Å². The first kappa shape index (κ1) is 14.9. The van der Waals surface area contributed by atoms with E-state index in [0.29, 0.717) is 13.0 Å². The first-order valence-electron chi connectivity index (χ1n) is 6.00. The van der Waals surface area contributed by atoms with E-state index in [1.54, 1.807) is 4.90 Å². The number of esters is 1. The molecule has 0 aromatic heterocycles. The zero-order valence-electron chi connectivity index (χ0n) is 10.6. The minimum absolute atomic E-state index is 0.146. The van der Waals surface area contributed by atoms with Gasteiger partial charge < -0.3 is 9.64 Å². The molecule has 0 aliphatic rings. The first-order valence-corrected chi connectivity index (χ1v) is 6.00. The van der Waals surface area contributed by atoms with Gasteiger partial charge in [0.2, 0.25) is 5.91 Å². The summed E-state index contributed by atoms with van der Waals surface area (Å²) in [6.45, 7) is 5.28. The number of ether oxygens (including phenoxy) is 1. The van der Waals surface area contributed by atoms with Crippen LogP contribution in [0.2, 0.25) is 0 Å². The summed E-state index contributed by atoms with van der Waals surface area (Å²) in [4.78, 5) is 24.5. The number of carbonyl (C=O) groups is 2. The number of hydrogen-bond acceptors (Lipinski definition) is 3. The van der Waals surface area contributed by atoms with Gasteiger partial charge in [-0.25, -0.2) is 0 Å². The number of rotatable bonds is 8. The molecule has 0 heterocycles. The maximum Gasteiger partial charge on any atom is 0.307 e. The molecule has 0 saturated heterocycles.